The smallest absolute Gasteiger partial charge is 0.257 e. The third kappa shape index (κ3) is 3.14. The predicted molar refractivity (Wildman–Crippen MR) is 124 cm³/mol. The van der Waals surface area contributed by atoms with E-state index in [1.54, 1.807) is 17.4 Å². The van der Waals surface area contributed by atoms with E-state index in [0.717, 1.165) is 29.7 Å². The van der Waals surface area contributed by atoms with E-state index in [4.69, 9.17) is 16.6 Å². The average molecular weight is 482 g/mol. The van der Waals surface area contributed by atoms with Crippen molar-refractivity contribution < 1.29 is 13.2 Å². The lowest BCUT2D eigenvalue weighted by atomic mass is 9.95. The molecule has 0 bridgehead atoms. The van der Waals surface area contributed by atoms with Crippen LogP contribution >= 0.6 is 11.6 Å². The summed E-state index contributed by atoms with van der Waals surface area (Å²) in [6.07, 6.45) is -0.0433. The fourth-order valence-electron chi connectivity index (χ4n) is 4.68. The van der Waals surface area contributed by atoms with Crippen LogP contribution in [0.3, 0.4) is 0 Å². The summed E-state index contributed by atoms with van der Waals surface area (Å²) in [5.41, 5.74) is 2.04. The third-order valence-corrected chi connectivity index (χ3v) is 7.08. The molecule has 0 N–H and O–H groups in total. The summed E-state index contributed by atoms with van der Waals surface area (Å²) < 4.78 is 43.1. The molecule has 3 heterocycles. The van der Waals surface area contributed by atoms with Gasteiger partial charge in [-0.3, -0.25) is 4.40 Å². The van der Waals surface area contributed by atoms with Crippen molar-refractivity contribution in [2.75, 3.05) is 11.4 Å². The Labute approximate surface area is 198 Å². The fourth-order valence-corrected chi connectivity index (χ4v) is 4.92. The zero-order valence-corrected chi connectivity index (χ0v) is 19.0. The molecule has 9 heteroatoms. The maximum Gasteiger partial charge on any atom is 0.257 e. The molecule has 1 aliphatic carbocycles. The largest absolute Gasteiger partial charge is 0.325 e. The zero-order valence-electron chi connectivity index (χ0n) is 18.2. The highest BCUT2D eigenvalue weighted by molar-refractivity contribution is 6.36. The molecule has 0 atom stereocenters. The van der Waals surface area contributed by atoms with Crippen molar-refractivity contribution in [2.45, 2.75) is 39.0 Å². The number of benzene rings is 2. The van der Waals surface area contributed by atoms with Crippen LogP contribution in [0.25, 0.3) is 16.7 Å². The molecule has 172 valence electrons. The lowest BCUT2D eigenvalue weighted by molar-refractivity contribution is 0.0921. The highest BCUT2D eigenvalue weighted by atomic mass is 35.5. The van der Waals surface area contributed by atoms with Crippen molar-refractivity contribution in [2.24, 2.45) is 5.41 Å². The van der Waals surface area contributed by atoms with E-state index < -0.39 is 17.7 Å². The van der Waals surface area contributed by atoms with Gasteiger partial charge in [-0.15, -0.1) is 10.2 Å². The minimum atomic E-state index is -2.44. The van der Waals surface area contributed by atoms with Gasteiger partial charge in [0.2, 0.25) is 0 Å². The normalized spacial score (nSPS) is 16.6. The Balaban J connectivity index is 1.55. The lowest BCUT2D eigenvalue weighted by Gasteiger charge is -2.32. The molecule has 0 spiro atoms. The third-order valence-electron chi connectivity index (χ3n) is 6.71. The van der Waals surface area contributed by atoms with Crippen LogP contribution in [0.2, 0.25) is 5.02 Å². The first-order valence-electron chi connectivity index (χ1n) is 11.1. The lowest BCUT2D eigenvalue weighted by Crippen LogP contribution is -2.26. The molecule has 34 heavy (non-hydrogen) atoms. The van der Waals surface area contributed by atoms with Crippen LogP contribution < -0.4 is 4.90 Å². The SMILES string of the molecule is Cc1nnc2nc(N3CCCc4c(C#CC5(C(F)F)CC5)cccc43)c3c(Cl)c(F)ccc3n12. The molecule has 0 radical (unpaired) electrons. The van der Waals surface area contributed by atoms with Gasteiger partial charge in [-0.1, -0.05) is 29.5 Å². The van der Waals surface area contributed by atoms with Gasteiger partial charge in [-0.25, -0.2) is 13.2 Å². The number of aryl methyl sites for hydroxylation is 1. The van der Waals surface area contributed by atoms with E-state index in [1.165, 1.54) is 6.07 Å². The maximum atomic E-state index is 14.6. The second kappa shape index (κ2) is 7.60. The Hall–Kier alpha value is -3.31. The highest BCUT2D eigenvalue weighted by Crippen LogP contribution is 2.50. The van der Waals surface area contributed by atoms with Crippen molar-refractivity contribution in [3.63, 3.8) is 0 Å². The average Bonchev–Trinajstić information content (AvgIpc) is 3.55. The molecular formula is C25H19ClF3N5. The van der Waals surface area contributed by atoms with Crippen LogP contribution in [-0.2, 0) is 6.42 Å². The summed E-state index contributed by atoms with van der Waals surface area (Å²) in [7, 11) is 0. The Bertz CT molecular complexity index is 1530. The Morgan fingerprint density at radius 3 is 2.74 bits per heavy atom. The molecule has 1 aliphatic heterocycles. The first-order chi connectivity index (χ1) is 16.4. The van der Waals surface area contributed by atoms with Crippen molar-refractivity contribution in [1.29, 1.82) is 0 Å². The van der Waals surface area contributed by atoms with Gasteiger partial charge >= 0.3 is 0 Å². The van der Waals surface area contributed by atoms with Gasteiger partial charge < -0.3 is 4.90 Å². The van der Waals surface area contributed by atoms with E-state index >= 15 is 0 Å². The standard InChI is InChI=1S/C25H19ClF3N5/c1-14-31-32-24-30-22(20-19(34(14)24)8-7-17(27)21(20)26)33-13-3-5-16-15(4-2-6-18(16)33)9-10-25(11-12-25)23(28)29/h2,4,6-8,23H,3,5,11-13H2,1H3. The summed E-state index contributed by atoms with van der Waals surface area (Å²) in [5, 5.41) is 8.75. The van der Waals surface area contributed by atoms with Crippen LogP contribution in [0.4, 0.5) is 24.7 Å². The summed E-state index contributed by atoms with van der Waals surface area (Å²) in [4.78, 5) is 6.71. The number of nitrogens with zero attached hydrogens (tertiary/aromatic N) is 5. The second-order valence-corrected chi connectivity index (χ2v) is 9.22. The molecule has 1 saturated carbocycles. The molecule has 6 rings (SSSR count). The van der Waals surface area contributed by atoms with Crippen molar-refractivity contribution in [1.82, 2.24) is 19.6 Å². The molecule has 2 aliphatic rings. The van der Waals surface area contributed by atoms with Crippen LogP contribution in [0.5, 0.6) is 0 Å². The fraction of sp³-hybridized carbons (Fsp3) is 0.320. The van der Waals surface area contributed by atoms with Crippen molar-refractivity contribution in [3.8, 4) is 11.8 Å². The minimum absolute atomic E-state index is 0.0225. The molecule has 5 nitrogen and oxygen atoms in total. The van der Waals surface area contributed by atoms with Gasteiger partial charge in [-0.2, -0.15) is 4.98 Å². The quantitative estimate of drug-likeness (QED) is 0.336. The van der Waals surface area contributed by atoms with E-state index in [9.17, 15) is 13.2 Å². The predicted octanol–water partition coefficient (Wildman–Crippen LogP) is 5.86. The molecule has 2 aromatic carbocycles. The van der Waals surface area contributed by atoms with Crippen molar-refractivity contribution in [3.05, 3.63) is 58.1 Å². The van der Waals surface area contributed by atoms with Crippen LogP contribution in [0, 0.1) is 30.0 Å². The van der Waals surface area contributed by atoms with Gasteiger partial charge in [0, 0.05) is 17.8 Å². The maximum absolute atomic E-state index is 14.6. The highest BCUT2D eigenvalue weighted by Gasteiger charge is 2.50. The minimum Gasteiger partial charge on any atom is -0.325 e. The number of alkyl halides is 2. The summed E-state index contributed by atoms with van der Waals surface area (Å²) in [6.45, 7) is 2.42. The molecule has 0 saturated heterocycles. The monoisotopic (exact) mass is 481 g/mol. The van der Waals surface area contributed by atoms with Crippen LogP contribution in [0.1, 0.15) is 36.2 Å². The Morgan fingerprint density at radius 2 is 1.97 bits per heavy atom. The van der Waals surface area contributed by atoms with Gasteiger partial charge in [0.1, 0.15) is 17.5 Å². The Kier molecular flexibility index (Phi) is 4.75. The Morgan fingerprint density at radius 1 is 1.15 bits per heavy atom. The van der Waals surface area contributed by atoms with Crippen molar-refractivity contribution >= 4 is 39.8 Å². The number of hydrogen-bond acceptors (Lipinski definition) is 4. The van der Waals surface area contributed by atoms with Gasteiger partial charge in [0.15, 0.2) is 0 Å². The number of aromatic nitrogens is 4. The number of halogens is 4. The van der Waals surface area contributed by atoms with Gasteiger partial charge in [-0.05, 0) is 62.4 Å². The number of hydrogen-bond donors (Lipinski definition) is 0. The molecule has 4 aromatic rings. The van der Waals surface area contributed by atoms with E-state index in [1.807, 2.05) is 23.1 Å². The molecule has 0 unspecified atom stereocenters. The van der Waals surface area contributed by atoms with Gasteiger partial charge in [0.25, 0.3) is 12.2 Å². The number of fused-ring (bicyclic) bond motifs is 4. The van der Waals surface area contributed by atoms with Crippen LogP contribution in [0.15, 0.2) is 30.3 Å². The summed E-state index contributed by atoms with van der Waals surface area (Å²) in [6, 6.07) is 8.63. The zero-order chi connectivity index (χ0) is 23.6. The molecular weight excluding hydrogens is 463 g/mol. The first kappa shape index (κ1) is 21.2. The topological polar surface area (TPSA) is 46.3 Å². The van der Waals surface area contributed by atoms with Gasteiger partial charge in [0.05, 0.1) is 21.3 Å². The number of rotatable bonds is 2. The van der Waals surface area contributed by atoms with E-state index in [0.29, 0.717) is 47.7 Å². The van der Waals surface area contributed by atoms with E-state index in [2.05, 4.69) is 22.0 Å². The second-order valence-electron chi connectivity index (χ2n) is 8.84. The molecule has 2 aromatic heterocycles. The van der Waals surface area contributed by atoms with E-state index in [-0.39, 0.29) is 5.02 Å². The molecule has 1 fully saturated rings. The molecule has 0 amide bonds. The first-order valence-corrected chi connectivity index (χ1v) is 11.5. The van der Waals surface area contributed by atoms with Crippen LogP contribution in [-0.4, -0.2) is 32.6 Å². The summed E-state index contributed by atoms with van der Waals surface area (Å²) >= 11 is 6.48. The summed E-state index contributed by atoms with van der Waals surface area (Å²) in [5.74, 6) is 6.81. The number of anilines is 2.